The Morgan fingerprint density at radius 1 is 1.18 bits per heavy atom. The minimum absolute atomic E-state index is 0.0518. The molecule has 10 heteroatoms. The second-order valence-electron chi connectivity index (χ2n) is 7.66. The quantitative estimate of drug-likeness (QED) is 0.632. The Morgan fingerprint density at radius 3 is 2.52 bits per heavy atom. The van der Waals surface area contributed by atoms with Crippen molar-refractivity contribution in [3.63, 3.8) is 0 Å². The minimum Gasteiger partial charge on any atom is -0.494 e. The molecule has 2 amide bonds. The number of alkyl halides is 3. The van der Waals surface area contributed by atoms with Crippen molar-refractivity contribution in [2.45, 2.75) is 25.6 Å². The third-order valence-electron chi connectivity index (χ3n) is 5.45. The number of ether oxygens (including phenoxy) is 1. The smallest absolute Gasteiger partial charge is 0.416 e. The maximum Gasteiger partial charge on any atom is 0.416 e. The monoisotopic (exact) mass is 458 g/mol. The third-order valence-corrected chi connectivity index (χ3v) is 5.45. The number of benzene rings is 2. The number of nitrogens with zero attached hydrogens (tertiary/aromatic N) is 3. The summed E-state index contributed by atoms with van der Waals surface area (Å²) in [5, 5.41) is 2.62. The summed E-state index contributed by atoms with van der Waals surface area (Å²) in [6.45, 7) is 2.25. The normalized spacial score (nSPS) is 16.2. The van der Waals surface area contributed by atoms with Crippen LogP contribution in [-0.2, 0) is 11.0 Å². The van der Waals surface area contributed by atoms with Gasteiger partial charge in [-0.2, -0.15) is 13.2 Å². The van der Waals surface area contributed by atoms with Crippen molar-refractivity contribution in [3.05, 3.63) is 71.8 Å². The lowest BCUT2D eigenvalue weighted by Crippen LogP contribution is -2.41. The van der Waals surface area contributed by atoms with Crippen molar-refractivity contribution >= 4 is 17.5 Å². The third kappa shape index (κ3) is 4.55. The molecule has 1 saturated heterocycles. The molecule has 0 bridgehead atoms. The summed E-state index contributed by atoms with van der Waals surface area (Å²) in [4.78, 5) is 31.1. The fourth-order valence-corrected chi connectivity index (χ4v) is 3.72. The summed E-state index contributed by atoms with van der Waals surface area (Å²) in [7, 11) is 1.53. The van der Waals surface area contributed by atoms with Crippen LogP contribution in [0.5, 0.6) is 5.75 Å². The highest BCUT2D eigenvalue weighted by atomic mass is 19.4. The number of nitrogens with one attached hydrogen (secondary N) is 1. The first-order valence-electron chi connectivity index (χ1n) is 10.2. The van der Waals surface area contributed by atoms with Crippen LogP contribution in [0.4, 0.5) is 18.9 Å². The average Bonchev–Trinajstić information content (AvgIpc) is 3.38. The van der Waals surface area contributed by atoms with Crippen molar-refractivity contribution in [2.24, 2.45) is 0 Å². The van der Waals surface area contributed by atoms with Crippen LogP contribution in [0.3, 0.4) is 0 Å². The Hall–Kier alpha value is -3.82. The highest BCUT2D eigenvalue weighted by Gasteiger charge is 2.35. The summed E-state index contributed by atoms with van der Waals surface area (Å²) in [5.74, 6) is -0.356. The van der Waals surface area contributed by atoms with Gasteiger partial charge in [0.15, 0.2) is 0 Å². The van der Waals surface area contributed by atoms with E-state index in [0.29, 0.717) is 24.4 Å². The zero-order valence-electron chi connectivity index (χ0n) is 17.9. The predicted octanol–water partition coefficient (Wildman–Crippen LogP) is 3.74. The molecule has 1 aliphatic heterocycles. The van der Waals surface area contributed by atoms with Crippen LogP contribution >= 0.6 is 0 Å². The van der Waals surface area contributed by atoms with Gasteiger partial charge in [0.2, 0.25) is 5.91 Å². The molecule has 0 spiro atoms. The van der Waals surface area contributed by atoms with Gasteiger partial charge < -0.3 is 19.5 Å². The van der Waals surface area contributed by atoms with Gasteiger partial charge in [-0.15, -0.1) is 0 Å². The van der Waals surface area contributed by atoms with E-state index in [9.17, 15) is 22.8 Å². The summed E-state index contributed by atoms with van der Waals surface area (Å²) in [6.07, 6.45) is -0.591. The molecular formula is C23H21F3N4O3. The number of rotatable bonds is 5. The second kappa shape index (κ2) is 8.61. The van der Waals surface area contributed by atoms with Crippen molar-refractivity contribution in [2.75, 3.05) is 18.6 Å². The van der Waals surface area contributed by atoms with Gasteiger partial charge in [-0.1, -0.05) is 0 Å². The average molecular weight is 458 g/mol. The fraction of sp³-hybridized carbons (Fsp3) is 0.261. The van der Waals surface area contributed by atoms with Gasteiger partial charge in [-0.3, -0.25) is 9.59 Å². The molecule has 1 aromatic heterocycles. The van der Waals surface area contributed by atoms with E-state index in [4.69, 9.17) is 4.74 Å². The van der Waals surface area contributed by atoms with Gasteiger partial charge in [0.1, 0.15) is 11.8 Å². The molecule has 3 aromatic rings. The van der Waals surface area contributed by atoms with Gasteiger partial charge in [-0.05, 0) is 49.7 Å². The van der Waals surface area contributed by atoms with Crippen molar-refractivity contribution < 1.29 is 27.5 Å². The zero-order chi connectivity index (χ0) is 23.8. The van der Waals surface area contributed by atoms with Crippen LogP contribution in [-0.4, -0.2) is 41.1 Å². The van der Waals surface area contributed by atoms with Crippen LogP contribution in [0, 0.1) is 6.92 Å². The summed E-state index contributed by atoms with van der Waals surface area (Å²) in [6, 6.07) is 8.43. The molecule has 2 aromatic carbocycles. The number of imidazole rings is 1. The number of aryl methyl sites for hydroxylation is 1. The van der Waals surface area contributed by atoms with E-state index in [1.807, 2.05) is 23.8 Å². The number of amides is 2. The predicted molar refractivity (Wildman–Crippen MR) is 115 cm³/mol. The van der Waals surface area contributed by atoms with Crippen molar-refractivity contribution in [1.29, 1.82) is 0 Å². The number of hydrogen-bond donors (Lipinski definition) is 1. The summed E-state index contributed by atoms with van der Waals surface area (Å²) >= 11 is 0. The molecule has 1 fully saturated rings. The highest BCUT2D eigenvalue weighted by Crippen LogP contribution is 2.31. The molecule has 1 unspecified atom stereocenters. The molecule has 172 valence electrons. The first-order chi connectivity index (χ1) is 15.7. The minimum atomic E-state index is -4.48. The Morgan fingerprint density at radius 2 is 1.91 bits per heavy atom. The van der Waals surface area contributed by atoms with Gasteiger partial charge in [0, 0.05) is 30.1 Å². The lowest BCUT2D eigenvalue weighted by atomic mass is 10.1. The van der Waals surface area contributed by atoms with Crippen molar-refractivity contribution in [3.8, 4) is 11.4 Å². The molecule has 1 atom stereocenters. The summed E-state index contributed by atoms with van der Waals surface area (Å²) in [5.41, 5.74) is 1.44. The molecule has 0 saturated carbocycles. The Balaban J connectivity index is 1.47. The van der Waals surface area contributed by atoms with Crippen LogP contribution in [0.1, 0.15) is 28.0 Å². The number of anilines is 1. The first kappa shape index (κ1) is 22.4. The van der Waals surface area contributed by atoms with E-state index >= 15 is 0 Å². The zero-order valence-corrected chi connectivity index (χ0v) is 17.9. The standard InChI is InChI=1S/C23H21F3N4O3/c1-14-12-29(13-27-14)19-8-7-17(11-20(19)33-2)30-10-9-18(22(30)32)28-21(31)15-3-5-16(6-4-15)23(24,25)26/h3-8,11-13,18H,9-10H2,1-2H3,(H,28,31). The van der Waals surface area contributed by atoms with E-state index in [1.54, 1.807) is 23.4 Å². The number of methoxy groups -OCH3 is 1. The SMILES string of the molecule is COc1cc(N2CCC(NC(=O)c3ccc(C(F)(F)F)cc3)C2=O)ccc1-n1cnc(C)c1. The topological polar surface area (TPSA) is 76.5 Å². The van der Waals surface area contributed by atoms with Crippen LogP contribution in [0.15, 0.2) is 55.0 Å². The molecule has 0 radical (unpaired) electrons. The van der Waals surface area contributed by atoms with E-state index in [2.05, 4.69) is 10.3 Å². The van der Waals surface area contributed by atoms with Crippen LogP contribution in [0.2, 0.25) is 0 Å². The van der Waals surface area contributed by atoms with Crippen LogP contribution in [0.25, 0.3) is 5.69 Å². The molecule has 4 rings (SSSR count). The Kier molecular flexibility index (Phi) is 5.84. The second-order valence-corrected chi connectivity index (χ2v) is 7.66. The van der Waals surface area contributed by atoms with E-state index < -0.39 is 23.7 Å². The highest BCUT2D eigenvalue weighted by molar-refractivity contribution is 6.04. The van der Waals surface area contributed by atoms with Gasteiger partial charge >= 0.3 is 6.18 Å². The molecule has 7 nitrogen and oxygen atoms in total. The molecule has 33 heavy (non-hydrogen) atoms. The molecule has 2 heterocycles. The number of hydrogen-bond acceptors (Lipinski definition) is 4. The van der Waals surface area contributed by atoms with E-state index in [0.717, 1.165) is 35.6 Å². The van der Waals surface area contributed by atoms with E-state index in [1.165, 1.54) is 7.11 Å². The number of carbonyl (C=O) groups excluding carboxylic acids is 2. The molecule has 1 aliphatic rings. The number of carbonyl (C=O) groups is 2. The summed E-state index contributed by atoms with van der Waals surface area (Å²) < 4.78 is 45.5. The lowest BCUT2D eigenvalue weighted by molar-refractivity contribution is -0.137. The molecule has 1 N–H and O–H groups in total. The number of aromatic nitrogens is 2. The maximum atomic E-state index is 12.9. The van der Waals surface area contributed by atoms with E-state index in [-0.39, 0.29) is 11.5 Å². The van der Waals surface area contributed by atoms with Gasteiger partial charge in [0.05, 0.1) is 30.4 Å². The van der Waals surface area contributed by atoms with Gasteiger partial charge in [-0.25, -0.2) is 4.98 Å². The maximum absolute atomic E-state index is 12.9. The first-order valence-corrected chi connectivity index (χ1v) is 10.2. The Labute approximate surface area is 187 Å². The Bertz CT molecular complexity index is 1190. The van der Waals surface area contributed by atoms with Crippen LogP contribution < -0.4 is 15.0 Å². The number of halogens is 3. The molecule has 0 aliphatic carbocycles. The molecular weight excluding hydrogens is 437 g/mol. The lowest BCUT2D eigenvalue weighted by Gasteiger charge is -2.19. The van der Waals surface area contributed by atoms with Gasteiger partial charge in [0.25, 0.3) is 5.91 Å². The largest absolute Gasteiger partial charge is 0.494 e. The van der Waals surface area contributed by atoms with Crippen molar-refractivity contribution in [1.82, 2.24) is 14.9 Å². The fourth-order valence-electron chi connectivity index (χ4n) is 3.72.